The van der Waals surface area contributed by atoms with Crippen LogP contribution >= 0.6 is 35.3 Å². The molecule has 3 aromatic rings. The Morgan fingerprint density at radius 3 is 2.91 bits per heavy atom. The van der Waals surface area contributed by atoms with Crippen LogP contribution in [0.25, 0.3) is 17.1 Å². The minimum atomic E-state index is -0.281. The van der Waals surface area contributed by atoms with Crippen molar-refractivity contribution in [2.75, 3.05) is 7.11 Å². The Kier molecular flexibility index (Phi) is 5.18. The molecule has 0 N–H and O–H groups in total. The molecule has 0 radical (unpaired) electrons. The summed E-state index contributed by atoms with van der Waals surface area (Å²) < 4.78 is 7.06. The molecule has 0 atom stereocenters. The standard InChI is InChI=1S/C14H10ClN3O2S.ClH/c1-20-12-10(5-4-9-3-2-6-16-7-9)17-14-18(13(12)19)8-11(15)21-14;/h2-8H,1H3;1H/b5-4+;. The number of hydrogen-bond acceptors (Lipinski definition) is 5. The summed E-state index contributed by atoms with van der Waals surface area (Å²) in [5.41, 5.74) is 1.09. The van der Waals surface area contributed by atoms with Gasteiger partial charge < -0.3 is 4.74 Å². The predicted octanol–water partition coefficient (Wildman–Crippen LogP) is 3.41. The van der Waals surface area contributed by atoms with E-state index in [4.69, 9.17) is 16.3 Å². The van der Waals surface area contributed by atoms with E-state index < -0.39 is 0 Å². The summed E-state index contributed by atoms with van der Waals surface area (Å²) in [5, 5.41) is 0. The molecule has 0 bridgehead atoms. The molecule has 5 nitrogen and oxygen atoms in total. The highest BCUT2D eigenvalue weighted by Gasteiger charge is 2.13. The van der Waals surface area contributed by atoms with Gasteiger partial charge in [-0.05, 0) is 17.7 Å². The van der Waals surface area contributed by atoms with Gasteiger partial charge in [-0.2, -0.15) is 0 Å². The molecule has 22 heavy (non-hydrogen) atoms. The summed E-state index contributed by atoms with van der Waals surface area (Å²) in [6.07, 6.45) is 8.50. The number of rotatable bonds is 3. The summed E-state index contributed by atoms with van der Waals surface area (Å²) >= 11 is 7.16. The first kappa shape index (κ1) is 16.5. The van der Waals surface area contributed by atoms with Gasteiger partial charge in [0.15, 0.2) is 4.96 Å². The lowest BCUT2D eigenvalue weighted by Crippen LogP contribution is -2.16. The predicted molar refractivity (Wildman–Crippen MR) is 91.3 cm³/mol. The van der Waals surface area contributed by atoms with Crippen LogP contribution in [-0.4, -0.2) is 21.5 Å². The normalized spacial score (nSPS) is 10.8. The van der Waals surface area contributed by atoms with Crippen LogP contribution in [0.2, 0.25) is 4.34 Å². The first-order valence-corrected chi connectivity index (χ1v) is 7.22. The van der Waals surface area contributed by atoms with E-state index in [0.29, 0.717) is 15.0 Å². The second-order valence-corrected chi connectivity index (χ2v) is 5.78. The number of thiazole rings is 1. The van der Waals surface area contributed by atoms with Gasteiger partial charge in [-0.3, -0.25) is 14.2 Å². The van der Waals surface area contributed by atoms with E-state index >= 15 is 0 Å². The van der Waals surface area contributed by atoms with Gasteiger partial charge >= 0.3 is 5.56 Å². The smallest absolute Gasteiger partial charge is 0.301 e. The van der Waals surface area contributed by atoms with Gasteiger partial charge in [0, 0.05) is 18.6 Å². The molecule has 0 saturated heterocycles. The molecule has 0 aromatic carbocycles. The number of nitrogens with zero attached hydrogens (tertiary/aromatic N) is 3. The summed E-state index contributed by atoms with van der Waals surface area (Å²) in [7, 11) is 1.44. The fourth-order valence-electron chi connectivity index (χ4n) is 1.87. The fraction of sp³-hybridized carbons (Fsp3) is 0.0714. The first-order valence-electron chi connectivity index (χ1n) is 6.03. The van der Waals surface area contributed by atoms with E-state index in [9.17, 15) is 4.79 Å². The van der Waals surface area contributed by atoms with Gasteiger partial charge in [0.25, 0.3) is 0 Å². The SMILES string of the molecule is COc1c(/C=C/c2cccnc2)nc2sc(Cl)cn2c1=O.Cl. The van der Waals surface area contributed by atoms with E-state index in [2.05, 4.69) is 9.97 Å². The van der Waals surface area contributed by atoms with Crippen molar-refractivity contribution in [3.05, 3.63) is 56.7 Å². The number of methoxy groups -OCH3 is 1. The second-order valence-electron chi connectivity index (χ2n) is 4.14. The van der Waals surface area contributed by atoms with E-state index in [1.807, 2.05) is 18.2 Å². The lowest BCUT2D eigenvalue weighted by Gasteiger charge is -2.03. The molecule has 0 amide bonds. The van der Waals surface area contributed by atoms with E-state index in [1.165, 1.54) is 29.0 Å². The number of ether oxygens (including phenoxy) is 1. The molecule has 0 aliphatic heterocycles. The maximum atomic E-state index is 12.3. The molecule has 3 rings (SSSR count). The topological polar surface area (TPSA) is 56.5 Å². The third-order valence-electron chi connectivity index (χ3n) is 2.81. The highest BCUT2D eigenvalue weighted by molar-refractivity contribution is 7.20. The first-order chi connectivity index (χ1) is 10.2. The summed E-state index contributed by atoms with van der Waals surface area (Å²) in [5.74, 6) is 0.183. The fourth-order valence-corrected chi connectivity index (χ4v) is 2.88. The average molecular weight is 356 g/mol. The molecule has 114 valence electrons. The lowest BCUT2D eigenvalue weighted by molar-refractivity contribution is 0.404. The Labute approximate surface area is 141 Å². The van der Waals surface area contributed by atoms with Gasteiger partial charge in [-0.25, -0.2) is 4.98 Å². The Morgan fingerprint density at radius 1 is 1.41 bits per heavy atom. The van der Waals surface area contributed by atoms with Crippen LogP contribution in [0.4, 0.5) is 0 Å². The quantitative estimate of drug-likeness (QED) is 0.722. The second kappa shape index (κ2) is 6.91. The molecule has 0 aliphatic carbocycles. The molecule has 0 unspecified atom stereocenters. The zero-order valence-electron chi connectivity index (χ0n) is 11.4. The monoisotopic (exact) mass is 355 g/mol. The zero-order chi connectivity index (χ0) is 14.8. The van der Waals surface area contributed by atoms with Crippen molar-refractivity contribution in [2.45, 2.75) is 0 Å². The van der Waals surface area contributed by atoms with Crippen LogP contribution in [0.3, 0.4) is 0 Å². The van der Waals surface area contributed by atoms with Crippen molar-refractivity contribution in [2.24, 2.45) is 0 Å². The third kappa shape index (κ3) is 3.14. The highest BCUT2D eigenvalue weighted by Crippen LogP contribution is 2.23. The van der Waals surface area contributed by atoms with Crippen LogP contribution in [0.1, 0.15) is 11.3 Å². The maximum Gasteiger partial charge on any atom is 0.301 e. The van der Waals surface area contributed by atoms with Gasteiger partial charge in [-0.1, -0.05) is 35.1 Å². The Hall–Kier alpha value is -1.89. The summed E-state index contributed by atoms with van der Waals surface area (Å²) in [6.45, 7) is 0. The van der Waals surface area contributed by atoms with Crippen molar-refractivity contribution >= 4 is 52.5 Å². The Bertz CT molecular complexity index is 875. The van der Waals surface area contributed by atoms with Gasteiger partial charge in [0.2, 0.25) is 5.75 Å². The molecule has 3 heterocycles. The van der Waals surface area contributed by atoms with Gasteiger partial charge in [-0.15, -0.1) is 12.4 Å². The van der Waals surface area contributed by atoms with Crippen molar-refractivity contribution in [1.29, 1.82) is 0 Å². The van der Waals surface area contributed by atoms with Crippen molar-refractivity contribution < 1.29 is 4.74 Å². The van der Waals surface area contributed by atoms with Crippen molar-refractivity contribution in [1.82, 2.24) is 14.4 Å². The van der Waals surface area contributed by atoms with Gasteiger partial charge in [0.1, 0.15) is 10.0 Å². The zero-order valence-corrected chi connectivity index (χ0v) is 13.8. The number of pyridine rings is 1. The number of halogens is 2. The minimum absolute atomic E-state index is 0. The van der Waals surface area contributed by atoms with Crippen LogP contribution in [0.5, 0.6) is 5.75 Å². The van der Waals surface area contributed by atoms with E-state index in [1.54, 1.807) is 18.5 Å². The van der Waals surface area contributed by atoms with E-state index in [0.717, 1.165) is 5.56 Å². The minimum Gasteiger partial charge on any atom is -0.490 e. The maximum absolute atomic E-state index is 12.3. The molecular weight excluding hydrogens is 345 g/mol. The number of aromatic nitrogens is 3. The third-order valence-corrected chi connectivity index (χ3v) is 3.91. The average Bonchev–Trinajstić information content (AvgIpc) is 2.87. The van der Waals surface area contributed by atoms with Crippen LogP contribution < -0.4 is 10.3 Å². The molecule has 0 spiro atoms. The molecule has 8 heteroatoms. The number of hydrogen-bond donors (Lipinski definition) is 0. The van der Waals surface area contributed by atoms with Crippen LogP contribution in [0.15, 0.2) is 35.5 Å². The van der Waals surface area contributed by atoms with Crippen LogP contribution in [-0.2, 0) is 0 Å². The molecule has 0 aliphatic rings. The summed E-state index contributed by atoms with van der Waals surface area (Å²) in [4.78, 5) is 21.3. The molecule has 0 fully saturated rings. The van der Waals surface area contributed by atoms with Gasteiger partial charge in [0.05, 0.1) is 7.11 Å². The van der Waals surface area contributed by atoms with Crippen molar-refractivity contribution in [3.63, 3.8) is 0 Å². The highest BCUT2D eigenvalue weighted by atomic mass is 35.5. The van der Waals surface area contributed by atoms with Crippen LogP contribution in [0, 0.1) is 0 Å². The Morgan fingerprint density at radius 2 is 2.23 bits per heavy atom. The number of fused-ring (bicyclic) bond motifs is 1. The lowest BCUT2D eigenvalue weighted by atomic mass is 10.2. The van der Waals surface area contributed by atoms with Crippen molar-refractivity contribution in [3.8, 4) is 5.75 Å². The molecular formula is C14H11Cl2N3O2S. The largest absolute Gasteiger partial charge is 0.490 e. The molecule has 3 aromatic heterocycles. The Balaban J connectivity index is 0.00000176. The molecule has 0 saturated carbocycles. The van der Waals surface area contributed by atoms with E-state index in [-0.39, 0.29) is 23.7 Å². The summed E-state index contributed by atoms with van der Waals surface area (Å²) in [6, 6.07) is 3.74.